The number of hydroxylamine groups is 1. The van der Waals surface area contributed by atoms with Gasteiger partial charge in [-0.1, -0.05) is 6.07 Å². The maximum atomic E-state index is 9.39. The first-order valence-corrected chi connectivity index (χ1v) is 3.91. The first kappa shape index (κ1) is 8.87. The third kappa shape index (κ3) is 1.68. The van der Waals surface area contributed by atoms with E-state index in [4.69, 9.17) is 0 Å². The number of hydrogen-bond acceptors (Lipinski definition) is 3. The molecule has 0 amide bonds. The predicted octanol–water partition coefficient (Wildman–Crippen LogP) is 1.92. The Kier molecular flexibility index (Phi) is 2.55. The quantitative estimate of drug-likeness (QED) is 0.661. The molecule has 0 saturated carbocycles. The number of aryl methyl sites for hydroxylation is 1. The van der Waals surface area contributed by atoms with Crippen molar-refractivity contribution in [2.24, 2.45) is 0 Å². The summed E-state index contributed by atoms with van der Waals surface area (Å²) in [5, 5.41) is 19.7. The summed E-state index contributed by atoms with van der Waals surface area (Å²) < 4.78 is 0. The molecule has 0 atom stereocenters. The minimum atomic E-state index is 0.111. The third-order valence-electron chi connectivity index (χ3n) is 1.71. The van der Waals surface area contributed by atoms with Crippen LogP contribution >= 0.6 is 0 Å². The van der Waals surface area contributed by atoms with E-state index >= 15 is 0 Å². The SMILES string of the molecule is CCN(O)c1ccc(C)cc1O. The molecular formula is C9H13NO2. The summed E-state index contributed by atoms with van der Waals surface area (Å²) in [6.45, 7) is 4.15. The van der Waals surface area contributed by atoms with Gasteiger partial charge in [0, 0.05) is 6.54 Å². The Morgan fingerprint density at radius 3 is 2.58 bits per heavy atom. The maximum Gasteiger partial charge on any atom is 0.141 e. The molecule has 1 aromatic carbocycles. The standard InChI is InChI=1S/C9H13NO2/c1-3-10(12)8-5-4-7(2)6-9(8)11/h4-6,11-12H,3H2,1-2H3. The minimum Gasteiger partial charge on any atom is -0.506 e. The van der Waals surface area contributed by atoms with Gasteiger partial charge >= 0.3 is 0 Å². The van der Waals surface area contributed by atoms with Crippen molar-refractivity contribution in [3.8, 4) is 5.75 Å². The van der Waals surface area contributed by atoms with E-state index in [1.807, 2.05) is 13.0 Å². The molecule has 3 heteroatoms. The Morgan fingerprint density at radius 2 is 2.08 bits per heavy atom. The molecule has 2 N–H and O–H groups in total. The highest BCUT2D eigenvalue weighted by molar-refractivity contribution is 5.56. The van der Waals surface area contributed by atoms with Crippen molar-refractivity contribution < 1.29 is 10.3 Å². The van der Waals surface area contributed by atoms with Gasteiger partial charge in [0.1, 0.15) is 11.4 Å². The summed E-state index contributed by atoms with van der Waals surface area (Å²) in [6, 6.07) is 5.15. The smallest absolute Gasteiger partial charge is 0.141 e. The normalized spacial score (nSPS) is 9.92. The van der Waals surface area contributed by atoms with E-state index in [1.54, 1.807) is 19.1 Å². The molecule has 66 valence electrons. The number of benzene rings is 1. The largest absolute Gasteiger partial charge is 0.506 e. The molecular weight excluding hydrogens is 154 g/mol. The lowest BCUT2D eigenvalue weighted by molar-refractivity contribution is 0.256. The summed E-state index contributed by atoms with van der Waals surface area (Å²) in [7, 11) is 0. The molecule has 1 rings (SSSR count). The van der Waals surface area contributed by atoms with Crippen molar-refractivity contribution in [1.29, 1.82) is 0 Å². The lowest BCUT2D eigenvalue weighted by Gasteiger charge is -2.15. The van der Waals surface area contributed by atoms with Gasteiger partial charge in [0.2, 0.25) is 0 Å². The van der Waals surface area contributed by atoms with Gasteiger partial charge in [-0.3, -0.25) is 10.3 Å². The molecule has 0 heterocycles. The zero-order valence-electron chi connectivity index (χ0n) is 7.28. The van der Waals surface area contributed by atoms with Crippen LogP contribution in [0, 0.1) is 6.92 Å². The van der Waals surface area contributed by atoms with Gasteiger partial charge in [0.05, 0.1) is 0 Å². The Balaban J connectivity index is 3.01. The molecule has 0 spiro atoms. The topological polar surface area (TPSA) is 43.7 Å². The lowest BCUT2D eigenvalue weighted by atomic mass is 10.2. The second kappa shape index (κ2) is 3.45. The number of aromatic hydroxyl groups is 1. The van der Waals surface area contributed by atoms with Gasteiger partial charge in [-0.05, 0) is 31.5 Å². The number of anilines is 1. The van der Waals surface area contributed by atoms with Gasteiger partial charge in [-0.2, -0.15) is 0 Å². The molecule has 0 aliphatic rings. The van der Waals surface area contributed by atoms with E-state index in [9.17, 15) is 10.3 Å². The zero-order valence-corrected chi connectivity index (χ0v) is 7.28. The second-order valence-corrected chi connectivity index (χ2v) is 2.71. The van der Waals surface area contributed by atoms with E-state index < -0.39 is 0 Å². The molecule has 0 aliphatic heterocycles. The van der Waals surface area contributed by atoms with Crippen LogP contribution in [0.5, 0.6) is 5.75 Å². The number of rotatable bonds is 2. The van der Waals surface area contributed by atoms with Crippen molar-refractivity contribution in [3.63, 3.8) is 0 Å². The van der Waals surface area contributed by atoms with Gasteiger partial charge in [-0.25, -0.2) is 0 Å². The van der Waals surface area contributed by atoms with E-state index in [0.29, 0.717) is 12.2 Å². The molecule has 0 saturated heterocycles. The fourth-order valence-electron chi connectivity index (χ4n) is 1.02. The molecule has 1 aromatic rings. The second-order valence-electron chi connectivity index (χ2n) is 2.71. The number of hydrogen-bond donors (Lipinski definition) is 2. The Morgan fingerprint density at radius 1 is 1.42 bits per heavy atom. The van der Waals surface area contributed by atoms with Crippen LogP contribution in [0.3, 0.4) is 0 Å². The van der Waals surface area contributed by atoms with Crippen LogP contribution < -0.4 is 5.06 Å². The zero-order chi connectivity index (χ0) is 9.14. The summed E-state index contributed by atoms with van der Waals surface area (Å²) in [5.41, 5.74) is 1.42. The molecule has 0 bridgehead atoms. The average Bonchev–Trinajstić information content (AvgIpc) is 2.03. The first-order chi connectivity index (χ1) is 5.65. The fourth-order valence-corrected chi connectivity index (χ4v) is 1.02. The Labute approximate surface area is 71.8 Å². The Hall–Kier alpha value is -1.22. The molecule has 0 radical (unpaired) electrons. The molecule has 0 aliphatic carbocycles. The average molecular weight is 167 g/mol. The van der Waals surface area contributed by atoms with E-state index in [0.717, 1.165) is 10.6 Å². The molecule has 12 heavy (non-hydrogen) atoms. The highest BCUT2D eigenvalue weighted by Gasteiger charge is 2.05. The fraction of sp³-hybridized carbons (Fsp3) is 0.333. The van der Waals surface area contributed by atoms with Crippen molar-refractivity contribution in [1.82, 2.24) is 0 Å². The summed E-state index contributed by atoms with van der Waals surface area (Å²) in [6.07, 6.45) is 0. The number of phenols is 1. The predicted molar refractivity (Wildman–Crippen MR) is 47.7 cm³/mol. The van der Waals surface area contributed by atoms with E-state index in [-0.39, 0.29) is 5.75 Å². The molecule has 0 unspecified atom stereocenters. The van der Waals surface area contributed by atoms with Gasteiger partial charge in [0.25, 0.3) is 0 Å². The van der Waals surface area contributed by atoms with Crippen molar-refractivity contribution in [3.05, 3.63) is 23.8 Å². The Bertz CT molecular complexity index is 273. The summed E-state index contributed by atoms with van der Waals surface area (Å²) >= 11 is 0. The van der Waals surface area contributed by atoms with E-state index in [1.165, 1.54) is 0 Å². The monoisotopic (exact) mass is 167 g/mol. The molecule has 0 fully saturated rings. The van der Waals surface area contributed by atoms with Gasteiger partial charge < -0.3 is 5.11 Å². The highest BCUT2D eigenvalue weighted by atomic mass is 16.5. The third-order valence-corrected chi connectivity index (χ3v) is 1.71. The van der Waals surface area contributed by atoms with Crippen LogP contribution in [0.1, 0.15) is 12.5 Å². The molecule has 0 aromatic heterocycles. The van der Waals surface area contributed by atoms with Crippen molar-refractivity contribution >= 4 is 5.69 Å². The van der Waals surface area contributed by atoms with Gasteiger partial charge in [0.15, 0.2) is 0 Å². The number of nitrogens with zero attached hydrogens (tertiary/aromatic N) is 1. The maximum absolute atomic E-state index is 9.39. The van der Waals surface area contributed by atoms with E-state index in [2.05, 4.69) is 0 Å². The van der Waals surface area contributed by atoms with Crippen LogP contribution in [0.15, 0.2) is 18.2 Å². The summed E-state index contributed by atoms with van der Waals surface area (Å²) in [5.74, 6) is 0.111. The van der Waals surface area contributed by atoms with Crippen LogP contribution in [-0.2, 0) is 0 Å². The van der Waals surface area contributed by atoms with Crippen LogP contribution in [-0.4, -0.2) is 16.9 Å². The van der Waals surface area contributed by atoms with Crippen LogP contribution in [0.2, 0.25) is 0 Å². The molecule has 3 nitrogen and oxygen atoms in total. The lowest BCUT2D eigenvalue weighted by Crippen LogP contribution is -2.16. The van der Waals surface area contributed by atoms with Crippen LogP contribution in [0.25, 0.3) is 0 Å². The highest BCUT2D eigenvalue weighted by Crippen LogP contribution is 2.26. The van der Waals surface area contributed by atoms with Crippen molar-refractivity contribution in [2.75, 3.05) is 11.6 Å². The minimum absolute atomic E-state index is 0.111. The first-order valence-electron chi connectivity index (χ1n) is 3.91. The van der Waals surface area contributed by atoms with Crippen LogP contribution in [0.4, 0.5) is 5.69 Å². The van der Waals surface area contributed by atoms with Crippen molar-refractivity contribution in [2.45, 2.75) is 13.8 Å². The summed E-state index contributed by atoms with van der Waals surface area (Å²) in [4.78, 5) is 0. The van der Waals surface area contributed by atoms with Gasteiger partial charge in [-0.15, -0.1) is 0 Å². The number of phenolic OH excluding ortho intramolecular Hbond substituents is 1.